The van der Waals surface area contributed by atoms with Crippen molar-refractivity contribution >= 4 is 13.3 Å². The molecular weight excluding hydrogens is 513 g/mol. The van der Waals surface area contributed by atoms with Crippen molar-refractivity contribution in [2.24, 2.45) is 0 Å². The summed E-state index contributed by atoms with van der Waals surface area (Å²) in [5.41, 5.74) is 11.9. The van der Waals surface area contributed by atoms with E-state index in [0.717, 1.165) is 17.8 Å². The highest BCUT2D eigenvalue weighted by atomic mass is 28.3. The predicted molar refractivity (Wildman–Crippen MR) is 183 cm³/mol. The first-order valence-electron chi connectivity index (χ1n) is 15.7. The molecule has 0 fully saturated rings. The van der Waals surface area contributed by atoms with E-state index in [1.54, 1.807) is 0 Å². The van der Waals surface area contributed by atoms with E-state index in [1.807, 2.05) is 6.08 Å². The first-order valence-corrected chi connectivity index (χ1v) is 18.2. The molecule has 3 aromatic carbocycles. The summed E-state index contributed by atoms with van der Waals surface area (Å²) in [6.07, 6.45) is 1.89. The van der Waals surface area contributed by atoms with Crippen LogP contribution in [0.5, 0.6) is 5.75 Å². The molecule has 0 heterocycles. The number of rotatable bonds is 7. The third kappa shape index (κ3) is 5.62. The van der Waals surface area contributed by atoms with Crippen LogP contribution in [0.15, 0.2) is 61.2 Å². The molecule has 0 atom stereocenters. The van der Waals surface area contributed by atoms with Gasteiger partial charge in [-0.3, -0.25) is 0 Å². The van der Waals surface area contributed by atoms with Crippen LogP contribution < -0.4 is 9.92 Å². The molecule has 220 valence electrons. The Morgan fingerprint density at radius 1 is 0.732 bits per heavy atom. The van der Waals surface area contributed by atoms with E-state index in [1.165, 1.54) is 49.7 Å². The van der Waals surface area contributed by atoms with E-state index in [0.29, 0.717) is 12.1 Å². The van der Waals surface area contributed by atoms with Gasteiger partial charge in [-0.1, -0.05) is 155 Å². The molecule has 4 rings (SSSR count). The van der Waals surface area contributed by atoms with E-state index in [2.05, 4.69) is 138 Å². The molecule has 0 saturated carbocycles. The van der Waals surface area contributed by atoms with Crippen molar-refractivity contribution in [1.82, 2.24) is 0 Å². The van der Waals surface area contributed by atoms with Gasteiger partial charge >= 0.3 is 0 Å². The molecule has 41 heavy (non-hydrogen) atoms. The molecule has 0 unspecified atom stereocenters. The Morgan fingerprint density at radius 2 is 1.22 bits per heavy atom. The Labute approximate surface area is 252 Å². The van der Waals surface area contributed by atoms with E-state index >= 15 is 0 Å². The number of hydrogen-bond donors (Lipinski definition) is 0. The van der Waals surface area contributed by atoms with Gasteiger partial charge in [0.25, 0.3) is 0 Å². The van der Waals surface area contributed by atoms with Gasteiger partial charge in [0.15, 0.2) is 0 Å². The molecule has 1 aliphatic carbocycles. The Balaban J connectivity index is 2.11. The van der Waals surface area contributed by atoms with Crippen molar-refractivity contribution in [2.75, 3.05) is 6.61 Å². The van der Waals surface area contributed by atoms with Crippen LogP contribution in [0.25, 0.3) is 11.1 Å². The van der Waals surface area contributed by atoms with Crippen LogP contribution in [0, 0.1) is 6.92 Å². The zero-order chi connectivity index (χ0) is 30.5. The maximum Gasteiger partial charge on any atom is 0.122 e. The fourth-order valence-corrected chi connectivity index (χ4v) is 12.2. The molecule has 0 N–H and O–H groups in total. The lowest BCUT2D eigenvalue weighted by Gasteiger charge is -2.40. The summed E-state index contributed by atoms with van der Waals surface area (Å²) in [4.78, 5) is 0. The lowest BCUT2D eigenvalue weighted by Crippen LogP contribution is -2.53. The summed E-state index contributed by atoms with van der Waals surface area (Å²) < 4.78 is 6.69. The monoisotopic (exact) mass is 566 g/mol. The van der Waals surface area contributed by atoms with Crippen LogP contribution in [-0.4, -0.2) is 14.7 Å². The summed E-state index contributed by atoms with van der Waals surface area (Å²) in [5, 5.41) is 1.48. The predicted octanol–water partition coefficient (Wildman–Crippen LogP) is 10.5. The minimum atomic E-state index is -2.21. The van der Waals surface area contributed by atoms with Crippen molar-refractivity contribution in [3.63, 3.8) is 0 Å². The van der Waals surface area contributed by atoms with Crippen molar-refractivity contribution in [1.29, 1.82) is 0 Å². The SMILES string of the molecule is C=CCOc1c(C(C)(C)C)cc(C)cc1[Si](CC)(CC)C1c2ccc(C(C)(C)C)cc2-c2cc(C(C)(C)C)ccc21. The number of fused-ring (bicyclic) bond motifs is 3. The summed E-state index contributed by atoms with van der Waals surface area (Å²) in [5.74, 6) is 1.12. The molecule has 0 spiro atoms. The van der Waals surface area contributed by atoms with Crippen LogP contribution in [0.1, 0.15) is 115 Å². The molecule has 0 saturated heterocycles. The van der Waals surface area contributed by atoms with Gasteiger partial charge < -0.3 is 4.74 Å². The average Bonchev–Trinajstić information content (AvgIpc) is 3.21. The van der Waals surface area contributed by atoms with Crippen LogP contribution in [0.4, 0.5) is 0 Å². The third-order valence-electron chi connectivity index (χ3n) is 9.49. The highest BCUT2D eigenvalue weighted by molar-refractivity contribution is 6.94. The van der Waals surface area contributed by atoms with E-state index in [4.69, 9.17) is 4.74 Å². The highest BCUT2D eigenvalue weighted by Crippen LogP contribution is 2.53. The topological polar surface area (TPSA) is 9.23 Å². The summed E-state index contributed by atoms with van der Waals surface area (Å²) in [6, 6.07) is 21.9. The summed E-state index contributed by atoms with van der Waals surface area (Å²) >= 11 is 0. The molecule has 1 aliphatic rings. The third-order valence-corrected chi connectivity index (χ3v) is 15.2. The van der Waals surface area contributed by atoms with Gasteiger partial charge in [-0.15, -0.1) is 0 Å². The molecule has 3 aromatic rings. The van der Waals surface area contributed by atoms with Crippen LogP contribution in [-0.2, 0) is 16.2 Å². The second-order valence-corrected chi connectivity index (χ2v) is 20.3. The Hall–Kier alpha value is -2.58. The van der Waals surface area contributed by atoms with Gasteiger partial charge in [0, 0.05) is 5.54 Å². The molecule has 0 amide bonds. The number of benzene rings is 3. The minimum absolute atomic E-state index is 0.0202. The van der Waals surface area contributed by atoms with Crippen molar-refractivity contribution in [3.05, 3.63) is 94.6 Å². The van der Waals surface area contributed by atoms with Gasteiger partial charge in [0.2, 0.25) is 0 Å². The standard InChI is InChI=1S/C39H54OSi/c1-14-21-40-35-33(39(11,12)13)22-26(4)23-34(35)41(15-2,16-3)36-29-19-17-27(37(5,6)7)24-31(29)32-25-28(38(8,9)10)18-20-30(32)36/h14,17-20,22-25,36H,1,15-16,21H2,2-13H3. The smallest absolute Gasteiger partial charge is 0.122 e. The average molecular weight is 567 g/mol. The van der Waals surface area contributed by atoms with Gasteiger partial charge in [-0.2, -0.15) is 0 Å². The highest BCUT2D eigenvalue weighted by Gasteiger charge is 2.48. The van der Waals surface area contributed by atoms with Gasteiger partial charge in [0.1, 0.15) is 20.4 Å². The maximum atomic E-state index is 6.69. The van der Waals surface area contributed by atoms with E-state index in [9.17, 15) is 0 Å². The van der Waals surface area contributed by atoms with Crippen molar-refractivity contribution in [2.45, 2.75) is 117 Å². The molecule has 0 aliphatic heterocycles. The lowest BCUT2D eigenvalue weighted by molar-refractivity contribution is 0.353. The molecule has 0 aromatic heterocycles. The molecular formula is C39H54OSi. The maximum absolute atomic E-state index is 6.69. The second-order valence-electron chi connectivity index (χ2n) is 15.4. The second kappa shape index (κ2) is 10.9. The first-order chi connectivity index (χ1) is 19.0. The molecule has 0 radical (unpaired) electrons. The Bertz CT molecular complexity index is 1370. The van der Waals surface area contributed by atoms with Crippen LogP contribution >= 0.6 is 0 Å². The molecule has 0 bridgehead atoms. The molecule has 1 nitrogen and oxygen atoms in total. The quantitative estimate of drug-likeness (QED) is 0.204. The number of aryl methyl sites for hydroxylation is 1. The van der Waals surface area contributed by atoms with Gasteiger partial charge in [-0.25, -0.2) is 0 Å². The normalized spacial score (nSPS) is 14.1. The van der Waals surface area contributed by atoms with Crippen molar-refractivity contribution < 1.29 is 4.74 Å². The Morgan fingerprint density at radius 3 is 1.61 bits per heavy atom. The first kappa shape index (κ1) is 31.4. The number of ether oxygens (including phenoxy) is 1. The van der Waals surface area contributed by atoms with Crippen molar-refractivity contribution in [3.8, 4) is 16.9 Å². The fourth-order valence-electron chi connectivity index (χ4n) is 6.97. The Kier molecular flexibility index (Phi) is 8.35. The zero-order valence-electron chi connectivity index (χ0n) is 28.0. The van der Waals surface area contributed by atoms with Crippen LogP contribution in [0.3, 0.4) is 0 Å². The zero-order valence-corrected chi connectivity index (χ0v) is 29.0. The lowest BCUT2D eigenvalue weighted by atomic mass is 9.83. The van der Waals surface area contributed by atoms with E-state index < -0.39 is 8.07 Å². The summed E-state index contributed by atoms with van der Waals surface area (Å²) in [7, 11) is -2.21. The largest absolute Gasteiger partial charge is 0.489 e. The van der Waals surface area contributed by atoms with Gasteiger partial charge in [0.05, 0.1) is 0 Å². The number of hydrogen-bond acceptors (Lipinski definition) is 1. The van der Waals surface area contributed by atoms with E-state index in [-0.39, 0.29) is 16.2 Å². The van der Waals surface area contributed by atoms with Gasteiger partial charge in [-0.05, 0) is 67.3 Å². The fraction of sp³-hybridized carbons (Fsp3) is 0.487. The molecule has 2 heteroatoms. The summed E-state index contributed by atoms with van der Waals surface area (Å²) in [6.45, 7) is 32.6. The van der Waals surface area contributed by atoms with Crippen LogP contribution in [0.2, 0.25) is 12.1 Å². The minimum Gasteiger partial charge on any atom is -0.489 e.